The number of ether oxygens (including phenoxy) is 1. The molecule has 0 saturated carbocycles. The lowest BCUT2D eigenvalue weighted by Gasteiger charge is -2.14. The molecule has 3 rings (SSSR count). The van der Waals surface area contributed by atoms with E-state index in [0.717, 1.165) is 10.8 Å². The molecule has 0 aliphatic heterocycles. The van der Waals surface area contributed by atoms with Crippen molar-refractivity contribution in [2.24, 2.45) is 0 Å². The van der Waals surface area contributed by atoms with E-state index in [1.54, 1.807) is 18.2 Å². The summed E-state index contributed by atoms with van der Waals surface area (Å²) >= 11 is 1.34. The molecular weight excluding hydrogens is 362 g/mol. The zero-order chi connectivity index (χ0) is 19.2. The van der Waals surface area contributed by atoms with Crippen molar-refractivity contribution in [2.75, 3.05) is 5.32 Å². The van der Waals surface area contributed by atoms with Gasteiger partial charge in [-0.05, 0) is 41.3 Å². The van der Waals surface area contributed by atoms with E-state index in [0.29, 0.717) is 10.6 Å². The quantitative estimate of drug-likeness (QED) is 0.485. The highest BCUT2D eigenvalue weighted by atomic mass is 32.1. The largest absolute Gasteiger partial charge is 0.453 e. The molecule has 0 spiro atoms. The summed E-state index contributed by atoms with van der Waals surface area (Å²) in [5.41, 5.74) is 0.634. The second-order valence-electron chi connectivity index (χ2n) is 6.08. The molecule has 0 bridgehead atoms. The number of benzene rings is 2. The summed E-state index contributed by atoms with van der Waals surface area (Å²) in [6.45, 7) is 1.51. The summed E-state index contributed by atoms with van der Waals surface area (Å²) in [5.74, 6) is -1.08. The first-order chi connectivity index (χ1) is 13.0. The molecule has 0 unspecified atom stereocenters. The van der Waals surface area contributed by atoms with Gasteiger partial charge in [0.15, 0.2) is 11.9 Å². The summed E-state index contributed by atoms with van der Waals surface area (Å²) in [6.07, 6.45) is -0.927. The number of Topliss-reactive ketones (excluding diaryl/α,β-unsaturated/α-hetero) is 1. The Kier molecular flexibility index (Phi) is 5.98. The molecule has 3 aromatic rings. The van der Waals surface area contributed by atoms with Crippen molar-refractivity contribution in [3.8, 4) is 0 Å². The molecule has 27 heavy (non-hydrogen) atoms. The van der Waals surface area contributed by atoms with Crippen molar-refractivity contribution in [3.63, 3.8) is 0 Å². The number of nitrogens with one attached hydrogen (secondary N) is 1. The number of amides is 1. The van der Waals surface area contributed by atoms with Gasteiger partial charge in [-0.2, -0.15) is 0 Å². The SMILES string of the molecule is C[C@H](OC(=O)CCC(=O)c1cccs1)C(=O)Nc1ccc2ccccc2c1. The zero-order valence-corrected chi connectivity index (χ0v) is 15.6. The fraction of sp³-hybridized carbons (Fsp3) is 0.190. The van der Waals surface area contributed by atoms with Gasteiger partial charge in [0, 0.05) is 12.1 Å². The van der Waals surface area contributed by atoms with Crippen LogP contribution in [0, 0.1) is 0 Å². The van der Waals surface area contributed by atoms with Gasteiger partial charge in [0.05, 0.1) is 11.3 Å². The van der Waals surface area contributed by atoms with Crippen molar-refractivity contribution in [1.82, 2.24) is 0 Å². The maximum atomic E-state index is 12.3. The van der Waals surface area contributed by atoms with Gasteiger partial charge in [-0.1, -0.05) is 36.4 Å². The molecule has 6 heteroatoms. The molecule has 5 nitrogen and oxygen atoms in total. The molecule has 0 aliphatic rings. The Balaban J connectivity index is 1.50. The lowest BCUT2D eigenvalue weighted by atomic mass is 10.1. The van der Waals surface area contributed by atoms with Crippen LogP contribution in [-0.2, 0) is 14.3 Å². The highest BCUT2D eigenvalue weighted by Gasteiger charge is 2.19. The third kappa shape index (κ3) is 5.01. The van der Waals surface area contributed by atoms with Crippen LogP contribution in [0.5, 0.6) is 0 Å². The van der Waals surface area contributed by atoms with Gasteiger partial charge >= 0.3 is 5.97 Å². The van der Waals surface area contributed by atoms with E-state index in [9.17, 15) is 14.4 Å². The number of anilines is 1. The smallest absolute Gasteiger partial charge is 0.307 e. The van der Waals surface area contributed by atoms with E-state index in [4.69, 9.17) is 4.74 Å². The van der Waals surface area contributed by atoms with Crippen LogP contribution in [0.15, 0.2) is 60.0 Å². The predicted octanol–water partition coefficient (Wildman–Crippen LogP) is 4.43. The monoisotopic (exact) mass is 381 g/mol. The van der Waals surface area contributed by atoms with Crippen LogP contribution in [0.2, 0.25) is 0 Å². The summed E-state index contributed by atoms with van der Waals surface area (Å²) in [7, 11) is 0. The lowest BCUT2D eigenvalue weighted by Crippen LogP contribution is -2.30. The summed E-state index contributed by atoms with van der Waals surface area (Å²) < 4.78 is 5.14. The standard InChI is InChI=1S/C21H19NO4S/c1-14(26-20(24)11-10-18(23)19-7-4-12-27-19)21(25)22-17-9-8-15-5-2-3-6-16(15)13-17/h2-9,12-14H,10-11H2,1H3,(H,22,25)/t14-/m0/s1. The van der Waals surface area contributed by atoms with Crippen molar-refractivity contribution in [3.05, 3.63) is 64.9 Å². The molecule has 2 aromatic carbocycles. The Morgan fingerprint density at radius 2 is 1.78 bits per heavy atom. The number of hydrogen-bond donors (Lipinski definition) is 1. The van der Waals surface area contributed by atoms with E-state index in [2.05, 4.69) is 5.32 Å². The van der Waals surface area contributed by atoms with Gasteiger partial charge < -0.3 is 10.1 Å². The number of esters is 1. The summed E-state index contributed by atoms with van der Waals surface area (Å²) in [4.78, 5) is 36.7. The fourth-order valence-electron chi connectivity index (χ4n) is 2.60. The van der Waals surface area contributed by atoms with Crippen molar-refractivity contribution < 1.29 is 19.1 Å². The third-order valence-corrected chi connectivity index (χ3v) is 4.96. The van der Waals surface area contributed by atoms with Crippen LogP contribution in [0.3, 0.4) is 0 Å². The molecule has 1 heterocycles. The number of carbonyl (C=O) groups excluding carboxylic acids is 3. The molecule has 0 aliphatic carbocycles. The van der Waals surface area contributed by atoms with Gasteiger partial charge in [-0.15, -0.1) is 11.3 Å². The Hall–Kier alpha value is -2.99. The molecule has 1 N–H and O–H groups in total. The average molecular weight is 381 g/mol. The first kappa shape index (κ1) is 18.8. The van der Waals surface area contributed by atoms with E-state index in [1.165, 1.54) is 18.3 Å². The second kappa shape index (κ2) is 8.60. The lowest BCUT2D eigenvalue weighted by molar-refractivity contribution is -0.153. The number of fused-ring (bicyclic) bond motifs is 1. The molecule has 0 radical (unpaired) electrons. The number of rotatable bonds is 7. The topological polar surface area (TPSA) is 72.5 Å². The Bertz CT molecular complexity index is 965. The first-order valence-electron chi connectivity index (χ1n) is 8.59. The number of ketones is 1. The van der Waals surface area contributed by atoms with Crippen LogP contribution in [-0.4, -0.2) is 23.8 Å². The fourth-order valence-corrected chi connectivity index (χ4v) is 3.29. The Labute approximate surface area is 161 Å². The van der Waals surface area contributed by atoms with Crippen LogP contribution in [0.25, 0.3) is 10.8 Å². The van der Waals surface area contributed by atoms with Crippen molar-refractivity contribution >= 4 is 45.5 Å². The van der Waals surface area contributed by atoms with E-state index in [1.807, 2.05) is 41.8 Å². The molecular formula is C21H19NO4S. The maximum Gasteiger partial charge on any atom is 0.307 e. The summed E-state index contributed by atoms with van der Waals surface area (Å²) in [5, 5.41) is 6.64. The van der Waals surface area contributed by atoms with Gasteiger partial charge in [-0.25, -0.2) is 0 Å². The molecule has 0 saturated heterocycles. The van der Waals surface area contributed by atoms with Crippen LogP contribution in [0.4, 0.5) is 5.69 Å². The van der Waals surface area contributed by atoms with Gasteiger partial charge in [0.2, 0.25) is 0 Å². The number of carbonyl (C=O) groups is 3. The minimum atomic E-state index is -0.944. The van der Waals surface area contributed by atoms with Gasteiger partial charge in [0.1, 0.15) is 0 Å². The minimum absolute atomic E-state index is 0.0513. The number of hydrogen-bond acceptors (Lipinski definition) is 5. The summed E-state index contributed by atoms with van der Waals surface area (Å²) in [6, 6.07) is 16.9. The van der Waals surface area contributed by atoms with Crippen LogP contribution in [0.1, 0.15) is 29.4 Å². The molecule has 1 amide bonds. The first-order valence-corrected chi connectivity index (χ1v) is 9.47. The number of thiophene rings is 1. The minimum Gasteiger partial charge on any atom is -0.453 e. The van der Waals surface area contributed by atoms with Gasteiger partial charge in [0.25, 0.3) is 5.91 Å². The third-order valence-electron chi connectivity index (χ3n) is 4.05. The Morgan fingerprint density at radius 3 is 2.52 bits per heavy atom. The molecule has 138 valence electrons. The van der Waals surface area contributed by atoms with E-state index < -0.39 is 18.0 Å². The maximum absolute atomic E-state index is 12.3. The van der Waals surface area contributed by atoms with Gasteiger partial charge in [-0.3, -0.25) is 14.4 Å². The average Bonchev–Trinajstić information content (AvgIpc) is 3.21. The normalized spacial score (nSPS) is 11.7. The van der Waals surface area contributed by atoms with E-state index >= 15 is 0 Å². The molecule has 1 atom stereocenters. The highest BCUT2D eigenvalue weighted by Crippen LogP contribution is 2.19. The van der Waals surface area contributed by atoms with Crippen molar-refractivity contribution in [1.29, 1.82) is 0 Å². The molecule has 1 aromatic heterocycles. The van der Waals surface area contributed by atoms with Crippen molar-refractivity contribution in [2.45, 2.75) is 25.9 Å². The zero-order valence-electron chi connectivity index (χ0n) is 14.8. The van der Waals surface area contributed by atoms with Crippen LogP contribution < -0.4 is 5.32 Å². The van der Waals surface area contributed by atoms with Crippen LogP contribution >= 0.6 is 11.3 Å². The second-order valence-corrected chi connectivity index (χ2v) is 7.03. The van der Waals surface area contributed by atoms with E-state index in [-0.39, 0.29) is 18.6 Å². The predicted molar refractivity (Wildman–Crippen MR) is 106 cm³/mol. The molecule has 0 fully saturated rings. The highest BCUT2D eigenvalue weighted by molar-refractivity contribution is 7.12. The Morgan fingerprint density at radius 1 is 1.00 bits per heavy atom.